The molecule has 0 atom stereocenters. The van der Waals surface area contributed by atoms with Crippen molar-refractivity contribution >= 4 is 16.1 Å². The first kappa shape index (κ1) is 11.1. The van der Waals surface area contributed by atoms with Crippen LogP contribution >= 0.6 is 0 Å². The molecular weight excluding hydrogens is 233 g/mol. The molecular formula is C10H10FNO3S. The van der Waals surface area contributed by atoms with Crippen molar-refractivity contribution in [2.75, 3.05) is 6.54 Å². The molecule has 0 spiro atoms. The molecule has 1 aromatic rings. The number of aryl methyl sites for hydroxylation is 1. The molecule has 6 heteroatoms. The van der Waals surface area contributed by atoms with Gasteiger partial charge >= 0.3 is 10.2 Å². The van der Waals surface area contributed by atoms with Crippen LogP contribution in [-0.2, 0) is 16.6 Å². The fourth-order valence-electron chi connectivity index (χ4n) is 1.71. The van der Waals surface area contributed by atoms with Crippen molar-refractivity contribution in [2.45, 2.75) is 17.7 Å². The Kier molecular flexibility index (Phi) is 2.67. The Labute approximate surface area is 92.7 Å². The summed E-state index contributed by atoms with van der Waals surface area (Å²) in [5.41, 5.74) is 0.999. The van der Waals surface area contributed by atoms with E-state index >= 15 is 0 Å². The quantitative estimate of drug-likeness (QED) is 0.749. The molecule has 1 aliphatic heterocycles. The van der Waals surface area contributed by atoms with Crippen LogP contribution < -0.4 is 5.32 Å². The van der Waals surface area contributed by atoms with Crippen molar-refractivity contribution in [3.05, 3.63) is 29.3 Å². The molecule has 0 aliphatic carbocycles. The minimum atomic E-state index is -4.75. The predicted molar refractivity (Wildman–Crippen MR) is 55.4 cm³/mol. The van der Waals surface area contributed by atoms with E-state index in [4.69, 9.17) is 0 Å². The normalized spacial score (nSPS) is 16.2. The van der Waals surface area contributed by atoms with E-state index in [0.717, 1.165) is 18.1 Å². The summed E-state index contributed by atoms with van der Waals surface area (Å²) in [5, 5.41) is 2.62. The maximum atomic E-state index is 12.8. The molecule has 0 fully saturated rings. The number of rotatable bonds is 1. The lowest BCUT2D eigenvalue weighted by Crippen LogP contribution is -2.22. The monoisotopic (exact) mass is 243 g/mol. The summed E-state index contributed by atoms with van der Waals surface area (Å²) >= 11 is 0. The Morgan fingerprint density at radius 2 is 2.06 bits per heavy atom. The average Bonchev–Trinajstić information content (AvgIpc) is 2.39. The summed E-state index contributed by atoms with van der Waals surface area (Å²) in [6.07, 6.45) is 1.47. The van der Waals surface area contributed by atoms with Crippen LogP contribution in [0.1, 0.15) is 22.3 Å². The number of carbonyl (C=O) groups excluding carboxylic acids is 1. The number of hydrogen-bond donors (Lipinski definition) is 1. The summed E-state index contributed by atoms with van der Waals surface area (Å²) in [4.78, 5) is 11.1. The molecule has 0 unspecified atom stereocenters. The van der Waals surface area contributed by atoms with E-state index in [-0.39, 0.29) is 11.5 Å². The van der Waals surface area contributed by atoms with Crippen LogP contribution in [0.3, 0.4) is 0 Å². The predicted octanol–water partition coefficient (Wildman–Crippen LogP) is 1.02. The van der Waals surface area contributed by atoms with Gasteiger partial charge in [-0.1, -0.05) is 6.07 Å². The van der Waals surface area contributed by atoms with Crippen LogP contribution in [0, 0.1) is 0 Å². The first-order chi connectivity index (χ1) is 7.48. The summed E-state index contributed by atoms with van der Waals surface area (Å²) in [6, 6.07) is 3.77. The van der Waals surface area contributed by atoms with Gasteiger partial charge in [-0.05, 0) is 30.5 Å². The first-order valence-corrected chi connectivity index (χ1v) is 6.22. The third-order valence-electron chi connectivity index (χ3n) is 2.52. The van der Waals surface area contributed by atoms with E-state index in [9.17, 15) is 17.1 Å². The van der Waals surface area contributed by atoms with Gasteiger partial charge in [0.1, 0.15) is 0 Å². The fraction of sp³-hybridized carbons (Fsp3) is 0.300. The summed E-state index contributed by atoms with van der Waals surface area (Å²) in [7, 11) is -4.75. The second-order valence-corrected chi connectivity index (χ2v) is 4.96. The third-order valence-corrected chi connectivity index (χ3v) is 3.33. The van der Waals surface area contributed by atoms with Crippen molar-refractivity contribution in [1.29, 1.82) is 0 Å². The van der Waals surface area contributed by atoms with E-state index in [1.54, 1.807) is 0 Å². The Bertz CT molecular complexity index is 539. The second kappa shape index (κ2) is 3.86. The van der Waals surface area contributed by atoms with Gasteiger partial charge in [0, 0.05) is 12.1 Å². The molecule has 1 aliphatic rings. The van der Waals surface area contributed by atoms with E-state index in [1.807, 2.05) is 0 Å². The van der Waals surface area contributed by atoms with Crippen LogP contribution in [0.5, 0.6) is 0 Å². The fourth-order valence-corrected chi connectivity index (χ4v) is 2.20. The van der Waals surface area contributed by atoms with Crippen LogP contribution in [0.25, 0.3) is 0 Å². The van der Waals surface area contributed by atoms with Gasteiger partial charge in [-0.15, -0.1) is 3.89 Å². The minimum absolute atomic E-state index is 0.247. The Hall–Kier alpha value is -1.43. The number of halogens is 1. The van der Waals surface area contributed by atoms with Crippen LogP contribution in [0.4, 0.5) is 3.89 Å². The zero-order valence-corrected chi connectivity index (χ0v) is 9.18. The van der Waals surface area contributed by atoms with Crippen LogP contribution in [0.15, 0.2) is 23.1 Å². The number of carbonyl (C=O) groups is 1. The Morgan fingerprint density at radius 1 is 1.31 bits per heavy atom. The highest BCUT2D eigenvalue weighted by Crippen LogP contribution is 2.20. The van der Waals surface area contributed by atoms with Gasteiger partial charge in [0.2, 0.25) is 0 Å². The molecule has 0 bridgehead atoms. The molecule has 1 N–H and O–H groups in total. The maximum Gasteiger partial charge on any atom is 0.332 e. The van der Waals surface area contributed by atoms with Crippen LogP contribution in [0.2, 0.25) is 0 Å². The van der Waals surface area contributed by atoms with Gasteiger partial charge in [-0.25, -0.2) is 0 Å². The molecule has 1 amide bonds. The largest absolute Gasteiger partial charge is 0.352 e. The molecule has 16 heavy (non-hydrogen) atoms. The molecule has 1 heterocycles. The summed E-state index contributed by atoms with van der Waals surface area (Å²) in [5.74, 6) is -0.349. The van der Waals surface area contributed by atoms with E-state index in [0.29, 0.717) is 13.0 Å². The van der Waals surface area contributed by atoms with Crippen LogP contribution in [-0.4, -0.2) is 20.9 Å². The Morgan fingerprint density at radius 3 is 2.75 bits per heavy atom. The first-order valence-electron chi connectivity index (χ1n) is 4.84. The molecule has 0 radical (unpaired) electrons. The minimum Gasteiger partial charge on any atom is -0.352 e. The molecule has 0 aromatic heterocycles. The lowest BCUT2D eigenvalue weighted by Gasteiger charge is -2.05. The van der Waals surface area contributed by atoms with Crippen molar-refractivity contribution in [3.8, 4) is 0 Å². The lowest BCUT2D eigenvalue weighted by molar-refractivity contribution is 0.0956. The maximum absolute atomic E-state index is 12.8. The number of hydrogen-bond acceptors (Lipinski definition) is 3. The smallest absolute Gasteiger partial charge is 0.332 e. The van der Waals surface area contributed by atoms with Gasteiger partial charge in [0.05, 0.1) is 4.90 Å². The number of amides is 1. The summed E-state index contributed by atoms with van der Waals surface area (Å²) < 4.78 is 34.2. The van der Waals surface area contributed by atoms with Crippen molar-refractivity contribution in [2.24, 2.45) is 0 Å². The number of benzene rings is 1. The van der Waals surface area contributed by atoms with Gasteiger partial charge in [0.25, 0.3) is 5.91 Å². The average molecular weight is 243 g/mol. The molecule has 0 saturated heterocycles. The SMILES string of the molecule is O=C1NCCCc2ccc(S(=O)(=O)F)cc21. The zero-order valence-electron chi connectivity index (χ0n) is 8.36. The van der Waals surface area contributed by atoms with Crippen molar-refractivity contribution in [1.82, 2.24) is 5.32 Å². The number of nitrogens with one attached hydrogen (secondary N) is 1. The number of fused-ring (bicyclic) bond motifs is 1. The molecule has 4 nitrogen and oxygen atoms in total. The highest BCUT2D eigenvalue weighted by molar-refractivity contribution is 7.86. The van der Waals surface area contributed by atoms with E-state index in [2.05, 4.69) is 5.32 Å². The zero-order chi connectivity index (χ0) is 11.8. The molecule has 86 valence electrons. The van der Waals surface area contributed by atoms with Gasteiger partial charge in [-0.2, -0.15) is 8.42 Å². The Balaban J connectivity index is 2.56. The highest BCUT2D eigenvalue weighted by atomic mass is 32.3. The standard InChI is InChI=1S/C10H10FNO3S/c11-16(14,15)8-4-3-7-2-1-5-12-10(13)9(7)6-8/h3-4,6H,1-2,5H2,(H,12,13). The summed E-state index contributed by atoms with van der Waals surface area (Å²) in [6.45, 7) is 0.547. The highest BCUT2D eigenvalue weighted by Gasteiger charge is 2.19. The van der Waals surface area contributed by atoms with Crippen molar-refractivity contribution in [3.63, 3.8) is 0 Å². The molecule has 0 saturated carbocycles. The van der Waals surface area contributed by atoms with E-state index in [1.165, 1.54) is 12.1 Å². The third kappa shape index (κ3) is 2.06. The lowest BCUT2D eigenvalue weighted by atomic mass is 10.0. The van der Waals surface area contributed by atoms with Gasteiger partial charge in [0.15, 0.2) is 0 Å². The van der Waals surface area contributed by atoms with Gasteiger partial charge in [-0.3, -0.25) is 4.79 Å². The molecule has 1 aromatic carbocycles. The van der Waals surface area contributed by atoms with Gasteiger partial charge < -0.3 is 5.32 Å². The topological polar surface area (TPSA) is 63.2 Å². The van der Waals surface area contributed by atoms with E-state index < -0.39 is 15.1 Å². The van der Waals surface area contributed by atoms with Crippen molar-refractivity contribution < 1.29 is 17.1 Å². The second-order valence-electron chi connectivity index (χ2n) is 3.62. The molecule has 2 rings (SSSR count).